The quantitative estimate of drug-likeness (QED) is 0.725. The molecule has 0 aliphatic carbocycles. The van der Waals surface area contributed by atoms with Crippen LogP contribution in [0.5, 0.6) is 5.75 Å². The summed E-state index contributed by atoms with van der Waals surface area (Å²) in [6.07, 6.45) is 1.02. The first-order valence-corrected chi connectivity index (χ1v) is 6.99. The Morgan fingerprint density at radius 1 is 1.00 bits per heavy atom. The van der Waals surface area contributed by atoms with Gasteiger partial charge in [-0.2, -0.15) is 0 Å². The zero-order valence-electron chi connectivity index (χ0n) is 12.1. The number of hydrogen-bond acceptors (Lipinski definition) is 2. The van der Waals surface area contributed by atoms with E-state index in [4.69, 9.17) is 0 Å². The van der Waals surface area contributed by atoms with E-state index >= 15 is 0 Å². The third-order valence-electron chi connectivity index (χ3n) is 3.62. The molecule has 2 heteroatoms. The van der Waals surface area contributed by atoms with E-state index in [9.17, 15) is 5.11 Å². The number of rotatable bonds is 7. The fourth-order valence-corrected chi connectivity index (χ4v) is 2.41. The molecule has 102 valence electrons. The van der Waals surface area contributed by atoms with E-state index in [0.717, 1.165) is 37.3 Å². The van der Waals surface area contributed by atoms with E-state index in [0.29, 0.717) is 5.75 Å². The molecule has 0 aliphatic rings. The zero-order chi connectivity index (χ0) is 13.5. The molecule has 0 aromatic heterocycles. The van der Waals surface area contributed by atoms with Crippen molar-refractivity contribution in [3.63, 3.8) is 0 Å². The Balaban J connectivity index is 2.27. The van der Waals surface area contributed by atoms with E-state index in [-0.39, 0.29) is 0 Å². The number of aromatic hydroxyl groups is 1. The molecule has 0 saturated heterocycles. The fraction of sp³-hybridized carbons (Fsp3) is 0.625. The maximum absolute atomic E-state index is 9.21. The summed E-state index contributed by atoms with van der Waals surface area (Å²) >= 11 is 0. The maximum Gasteiger partial charge on any atom is 0.115 e. The highest BCUT2D eigenvalue weighted by atomic mass is 16.3. The number of nitrogens with one attached hydrogen (secondary N) is 1. The fourth-order valence-electron chi connectivity index (χ4n) is 2.41. The average molecular weight is 249 g/mol. The van der Waals surface area contributed by atoms with Crippen molar-refractivity contribution in [1.29, 1.82) is 0 Å². The molecule has 0 aliphatic heterocycles. The van der Waals surface area contributed by atoms with Crippen LogP contribution in [-0.2, 0) is 6.42 Å². The number of hydrogen-bond donors (Lipinski definition) is 2. The molecule has 1 aromatic rings. The third kappa shape index (κ3) is 5.09. The van der Waals surface area contributed by atoms with Crippen LogP contribution in [0.2, 0.25) is 0 Å². The molecule has 0 amide bonds. The van der Waals surface area contributed by atoms with Gasteiger partial charge in [-0.05, 0) is 55.0 Å². The predicted molar refractivity (Wildman–Crippen MR) is 77.8 cm³/mol. The molecule has 0 radical (unpaired) electrons. The smallest absolute Gasteiger partial charge is 0.115 e. The van der Waals surface area contributed by atoms with Crippen LogP contribution in [0.25, 0.3) is 0 Å². The first-order valence-electron chi connectivity index (χ1n) is 6.99. The third-order valence-corrected chi connectivity index (χ3v) is 3.62. The second-order valence-electron chi connectivity index (χ2n) is 5.77. The van der Waals surface area contributed by atoms with Gasteiger partial charge in [0.05, 0.1) is 0 Å². The van der Waals surface area contributed by atoms with Gasteiger partial charge in [-0.15, -0.1) is 0 Å². The van der Waals surface area contributed by atoms with Gasteiger partial charge in [0.2, 0.25) is 0 Å². The van der Waals surface area contributed by atoms with Gasteiger partial charge in [-0.3, -0.25) is 0 Å². The van der Waals surface area contributed by atoms with Gasteiger partial charge in [0.1, 0.15) is 5.75 Å². The molecular weight excluding hydrogens is 222 g/mol. The van der Waals surface area contributed by atoms with E-state index in [2.05, 4.69) is 33.0 Å². The first-order chi connectivity index (χ1) is 8.50. The molecular formula is C16H27NO. The summed E-state index contributed by atoms with van der Waals surface area (Å²) in [4.78, 5) is 0. The molecule has 0 atom stereocenters. The van der Waals surface area contributed by atoms with Crippen LogP contribution < -0.4 is 5.32 Å². The summed E-state index contributed by atoms with van der Waals surface area (Å²) in [6, 6.07) is 7.47. The highest BCUT2D eigenvalue weighted by Crippen LogP contribution is 2.19. The zero-order valence-corrected chi connectivity index (χ0v) is 12.1. The topological polar surface area (TPSA) is 32.3 Å². The summed E-state index contributed by atoms with van der Waals surface area (Å²) < 4.78 is 0. The molecule has 0 unspecified atom stereocenters. The van der Waals surface area contributed by atoms with Crippen molar-refractivity contribution in [3.8, 4) is 5.75 Å². The number of phenolic OH excluding ortho intramolecular Hbond substituents is 1. The summed E-state index contributed by atoms with van der Waals surface area (Å²) in [5.74, 6) is 2.54. The van der Waals surface area contributed by atoms with Gasteiger partial charge in [0.15, 0.2) is 0 Å². The Morgan fingerprint density at radius 2 is 1.56 bits per heavy atom. The first kappa shape index (κ1) is 15.0. The summed E-state index contributed by atoms with van der Waals surface area (Å²) in [5, 5.41) is 12.8. The van der Waals surface area contributed by atoms with Gasteiger partial charge in [0, 0.05) is 0 Å². The summed E-state index contributed by atoms with van der Waals surface area (Å²) in [6.45, 7) is 11.3. The molecule has 0 heterocycles. The standard InChI is InChI=1S/C16H27NO/c1-12(2)16(13(3)4)11-17-10-9-14-5-7-15(18)8-6-14/h5-8,12-13,16-18H,9-11H2,1-4H3. The van der Waals surface area contributed by atoms with Crippen LogP contribution in [-0.4, -0.2) is 18.2 Å². The van der Waals surface area contributed by atoms with Crippen molar-refractivity contribution < 1.29 is 5.11 Å². The van der Waals surface area contributed by atoms with Crippen LogP contribution in [0.4, 0.5) is 0 Å². The molecule has 2 nitrogen and oxygen atoms in total. The SMILES string of the molecule is CC(C)C(CNCCc1ccc(O)cc1)C(C)C. The minimum atomic E-state index is 0.339. The van der Waals surface area contributed by atoms with E-state index < -0.39 is 0 Å². The molecule has 0 saturated carbocycles. The van der Waals surface area contributed by atoms with Crippen LogP contribution in [0, 0.1) is 17.8 Å². The van der Waals surface area contributed by atoms with Crippen molar-refractivity contribution >= 4 is 0 Å². The Hall–Kier alpha value is -1.02. The van der Waals surface area contributed by atoms with Gasteiger partial charge in [-0.1, -0.05) is 39.8 Å². The largest absolute Gasteiger partial charge is 0.508 e. The van der Waals surface area contributed by atoms with Crippen LogP contribution in [0.1, 0.15) is 33.3 Å². The molecule has 0 fully saturated rings. The molecule has 1 rings (SSSR count). The predicted octanol–water partition coefficient (Wildman–Crippen LogP) is 3.45. The van der Waals surface area contributed by atoms with Crippen LogP contribution in [0.3, 0.4) is 0 Å². The van der Waals surface area contributed by atoms with E-state index in [1.54, 1.807) is 12.1 Å². The lowest BCUT2D eigenvalue weighted by Crippen LogP contribution is -2.31. The Kier molecular flexibility index (Phi) is 6.20. The monoisotopic (exact) mass is 249 g/mol. The van der Waals surface area contributed by atoms with Crippen molar-refractivity contribution in [2.45, 2.75) is 34.1 Å². The lowest BCUT2D eigenvalue weighted by molar-refractivity contribution is 0.277. The van der Waals surface area contributed by atoms with Crippen molar-refractivity contribution in [2.24, 2.45) is 17.8 Å². The van der Waals surface area contributed by atoms with E-state index in [1.165, 1.54) is 5.56 Å². The summed E-state index contributed by atoms with van der Waals surface area (Å²) in [7, 11) is 0. The Labute approximate surface area is 111 Å². The number of benzene rings is 1. The van der Waals surface area contributed by atoms with Crippen molar-refractivity contribution in [3.05, 3.63) is 29.8 Å². The second-order valence-corrected chi connectivity index (χ2v) is 5.77. The van der Waals surface area contributed by atoms with Crippen molar-refractivity contribution in [1.82, 2.24) is 5.32 Å². The maximum atomic E-state index is 9.21. The molecule has 2 N–H and O–H groups in total. The van der Waals surface area contributed by atoms with Gasteiger partial charge < -0.3 is 10.4 Å². The lowest BCUT2D eigenvalue weighted by atomic mass is 9.85. The lowest BCUT2D eigenvalue weighted by Gasteiger charge is -2.25. The average Bonchev–Trinajstić information content (AvgIpc) is 2.30. The highest BCUT2D eigenvalue weighted by Gasteiger charge is 2.16. The van der Waals surface area contributed by atoms with Crippen LogP contribution in [0.15, 0.2) is 24.3 Å². The highest BCUT2D eigenvalue weighted by molar-refractivity contribution is 5.25. The van der Waals surface area contributed by atoms with Gasteiger partial charge >= 0.3 is 0 Å². The molecule has 18 heavy (non-hydrogen) atoms. The minimum Gasteiger partial charge on any atom is -0.508 e. The van der Waals surface area contributed by atoms with Crippen LogP contribution >= 0.6 is 0 Å². The molecule has 1 aromatic carbocycles. The molecule has 0 bridgehead atoms. The molecule has 0 spiro atoms. The second kappa shape index (κ2) is 7.42. The van der Waals surface area contributed by atoms with Crippen molar-refractivity contribution in [2.75, 3.05) is 13.1 Å². The minimum absolute atomic E-state index is 0.339. The normalized spacial score (nSPS) is 11.7. The van der Waals surface area contributed by atoms with Gasteiger partial charge in [-0.25, -0.2) is 0 Å². The van der Waals surface area contributed by atoms with E-state index in [1.807, 2.05) is 12.1 Å². The Morgan fingerprint density at radius 3 is 2.06 bits per heavy atom. The Bertz CT molecular complexity index is 321. The summed E-state index contributed by atoms with van der Waals surface area (Å²) in [5.41, 5.74) is 1.27. The number of phenols is 1. The van der Waals surface area contributed by atoms with Gasteiger partial charge in [0.25, 0.3) is 0 Å².